The minimum Gasteiger partial charge on any atom is -0.480 e. The standard InChI is InChI=1S/C12H19NO9/c1-2-3-20-12(19)13-6(10(17)18)4-21-11-9(16)8(15)7(14)5-22-11/h2,6-9,11,14-16H,1,3-5H2,(H,13,19)(H,17,18)/t6-,7+,8-,9+,11+/m0/s1. The van der Waals surface area contributed by atoms with Crippen LogP contribution in [-0.4, -0.2) is 83.0 Å². The Kier molecular flexibility index (Phi) is 7.21. The van der Waals surface area contributed by atoms with Crippen LogP contribution in [0.4, 0.5) is 4.79 Å². The lowest BCUT2D eigenvalue weighted by Gasteiger charge is -2.35. The second-order valence-electron chi connectivity index (χ2n) is 4.51. The van der Waals surface area contributed by atoms with E-state index in [1.807, 2.05) is 5.32 Å². The molecule has 1 fully saturated rings. The fraction of sp³-hybridized carbons (Fsp3) is 0.667. The third-order valence-electron chi connectivity index (χ3n) is 2.80. The number of nitrogens with one attached hydrogen (secondary N) is 1. The fourth-order valence-electron chi connectivity index (χ4n) is 1.61. The Labute approximate surface area is 125 Å². The van der Waals surface area contributed by atoms with Crippen molar-refractivity contribution in [2.75, 3.05) is 19.8 Å². The minimum absolute atomic E-state index is 0.0897. The number of carboxylic acids is 1. The first-order valence-electron chi connectivity index (χ1n) is 6.41. The van der Waals surface area contributed by atoms with Gasteiger partial charge in [0.1, 0.15) is 24.9 Å². The van der Waals surface area contributed by atoms with E-state index < -0.39 is 49.3 Å². The first-order valence-corrected chi connectivity index (χ1v) is 6.41. The van der Waals surface area contributed by atoms with Gasteiger partial charge in [-0.3, -0.25) is 0 Å². The summed E-state index contributed by atoms with van der Waals surface area (Å²) in [6.07, 6.45) is -5.29. The van der Waals surface area contributed by atoms with E-state index in [2.05, 4.69) is 11.3 Å². The van der Waals surface area contributed by atoms with Crippen molar-refractivity contribution in [2.45, 2.75) is 30.6 Å². The molecule has 0 aromatic heterocycles. The number of alkyl carbamates (subject to hydrolysis) is 1. The first kappa shape index (κ1) is 18.3. The smallest absolute Gasteiger partial charge is 0.408 e. The van der Waals surface area contributed by atoms with Crippen molar-refractivity contribution >= 4 is 12.1 Å². The van der Waals surface area contributed by atoms with Crippen molar-refractivity contribution in [1.29, 1.82) is 0 Å². The van der Waals surface area contributed by atoms with Gasteiger partial charge in [-0.25, -0.2) is 9.59 Å². The molecule has 0 aliphatic carbocycles. The van der Waals surface area contributed by atoms with Crippen molar-refractivity contribution in [1.82, 2.24) is 5.32 Å². The van der Waals surface area contributed by atoms with Crippen LogP contribution in [0.3, 0.4) is 0 Å². The van der Waals surface area contributed by atoms with E-state index in [0.717, 1.165) is 0 Å². The molecule has 5 atom stereocenters. The molecule has 126 valence electrons. The van der Waals surface area contributed by atoms with Crippen LogP contribution in [-0.2, 0) is 19.0 Å². The third kappa shape index (κ3) is 5.24. The highest BCUT2D eigenvalue weighted by molar-refractivity contribution is 5.80. The topological polar surface area (TPSA) is 155 Å². The zero-order chi connectivity index (χ0) is 16.7. The van der Waals surface area contributed by atoms with Gasteiger partial charge in [-0.15, -0.1) is 0 Å². The summed E-state index contributed by atoms with van der Waals surface area (Å²) in [4.78, 5) is 22.3. The zero-order valence-electron chi connectivity index (χ0n) is 11.6. The Morgan fingerprint density at radius 3 is 2.64 bits per heavy atom. The second kappa shape index (κ2) is 8.66. The number of carboxylic acid groups (broad SMARTS) is 1. The van der Waals surface area contributed by atoms with E-state index in [9.17, 15) is 24.9 Å². The summed E-state index contributed by atoms with van der Waals surface area (Å²) in [6, 6.07) is -1.45. The molecular formula is C12H19NO9. The van der Waals surface area contributed by atoms with Crippen LogP contribution in [0.5, 0.6) is 0 Å². The molecule has 22 heavy (non-hydrogen) atoms. The van der Waals surface area contributed by atoms with E-state index >= 15 is 0 Å². The number of hydrogen-bond donors (Lipinski definition) is 5. The molecular weight excluding hydrogens is 302 g/mol. The van der Waals surface area contributed by atoms with Gasteiger partial charge in [0.15, 0.2) is 12.3 Å². The van der Waals surface area contributed by atoms with E-state index in [0.29, 0.717) is 0 Å². The predicted octanol–water partition coefficient (Wildman–Crippen LogP) is -2.19. The number of carbonyl (C=O) groups is 2. The molecule has 0 aromatic rings. The Morgan fingerprint density at radius 1 is 1.36 bits per heavy atom. The molecule has 0 radical (unpaired) electrons. The monoisotopic (exact) mass is 321 g/mol. The lowest BCUT2D eigenvalue weighted by molar-refractivity contribution is -0.271. The average Bonchev–Trinajstić information content (AvgIpc) is 2.48. The molecule has 1 amide bonds. The highest BCUT2D eigenvalue weighted by Gasteiger charge is 2.38. The van der Waals surface area contributed by atoms with Gasteiger partial charge < -0.3 is 40.0 Å². The molecule has 0 spiro atoms. The van der Waals surface area contributed by atoms with Gasteiger partial charge in [-0.1, -0.05) is 12.7 Å². The maximum atomic E-state index is 11.3. The van der Waals surface area contributed by atoms with Crippen LogP contribution < -0.4 is 5.32 Å². The second-order valence-corrected chi connectivity index (χ2v) is 4.51. The molecule has 1 saturated heterocycles. The van der Waals surface area contributed by atoms with Crippen molar-refractivity contribution in [2.24, 2.45) is 0 Å². The van der Waals surface area contributed by atoms with Gasteiger partial charge >= 0.3 is 12.1 Å². The van der Waals surface area contributed by atoms with Gasteiger partial charge in [0.05, 0.1) is 13.2 Å². The minimum atomic E-state index is -1.55. The van der Waals surface area contributed by atoms with Crippen LogP contribution in [0.25, 0.3) is 0 Å². The Morgan fingerprint density at radius 2 is 2.05 bits per heavy atom. The third-order valence-corrected chi connectivity index (χ3v) is 2.80. The molecule has 1 rings (SSSR count). The summed E-state index contributed by atoms with van der Waals surface area (Å²) < 4.78 is 14.5. The van der Waals surface area contributed by atoms with Gasteiger partial charge in [0.25, 0.3) is 0 Å². The molecule has 0 bridgehead atoms. The molecule has 1 aliphatic rings. The van der Waals surface area contributed by atoms with E-state index in [4.69, 9.17) is 14.6 Å². The van der Waals surface area contributed by atoms with Crippen LogP contribution in [0.2, 0.25) is 0 Å². The lowest BCUT2D eigenvalue weighted by atomic mass is 10.1. The summed E-state index contributed by atoms with van der Waals surface area (Å²) in [6.45, 7) is 2.42. The number of hydrogen-bond acceptors (Lipinski definition) is 8. The summed E-state index contributed by atoms with van der Waals surface area (Å²) in [5.74, 6) is -1.39. The predicted molar refractivity (Wildman–Crippen MR) is 69.8 cm³/mol. The SMILES string of the molecule is C=CCOC(=O)N[C@@H](CO[C@@H]1OC[C@@H](O)[C@H](O)[C@H]1O)C(=O)O. The fourth-order valence-corrected chi connectivity index (χ4v) is 1.61. The highest BCUT2D eigenvalue weighted by atomic mass is 16.7. The Hall–Kier alpha value is -1.72. The van der Waals surface area contributed by atoms with Crippen molar-refractivity contribution in [3.05, 3.63) is 12.7 Å². The Balaban J connectivity index is 2.49. The summed E-state index contributed by atoms with van der Waals surface area (Å²) in [5.41, 5.74) is 0. The van der Waals surface area contributed by atoms with Crippen molar-refractivity contribution in [3.8, 4) is 0 Å². The molecule has 10 heteroatoms. The van der Waals surface area contributed by atoms with Crippen LogP contribution in [0.15, 0.2) is 12.7 Å². The highest BCUT2D eigenvalue weighted by Crippen LogP contribution is 2.16. The first-order chi connectivity index (χ1) is 10.4. The number of aliphatic hydroxyl groups excluding tert-OH is 3. The van der Waals surface area contributed by atoms with Gasteiger partial charge in [0, 0.05) is 0 Å². The van der Waals surface area contributed by atoms with E-state index in [1.165, 1.54) is 6.08 Å². The largest absolute Gasteiger partial charge is 0.480 e. The van der Waals surface area contributed by atoms with Gasteiger partial charge in [-0.05, 0) is 0 Å². The summed E-state index contributed by atoms with van der Waals surface area (Å²) in [5, 5.41) is 39.4. The molecule has 1 heterocycles. The van der Waals surface area contributed by atoms with Gasteiger partial charge in [-0.2, -0.15) is 0 Å². The van der Waals surface area contributed by atoms with Crippen LogP contribution >= 0.6 is 0 Å². The number of aliphatic hydroxyl groups is 3. The van der Waals surface area contributed by atoms with E-state index in [-0.39, 0.29) is 13.2 Å². The maximum Gasteiger partial charge on any atom is 0.408 e. The van der Waals surface area contributed by atoms with Crippen molar-refractivity contribution in [3.63, 3.8) is 0 Å². The van der Waals surface area contributed by atoms with Crippen LogP contribution in [0.1, 0.15) is 0 Å². The quantitative estimate of drug-likeness (QED) is 0.329. The lowest BCUT2D eigenvalue weighted by Crippen LogP contribution is -2.55. The normalized spacial score (nSPS) is 29.4. The van der Waals surface area contributed by atoms with E-state index in [1.54, 1.807) is 0 Å². The number of ether oxygens (including phenoxy) is 3. The van der Waals surface area contributed by atoms with Gasteiger partial charge in [0.2, 0.25) is 0 Å². The molecule has 0 saturated carbocycles. The number of rotatable bonds is 7. The molecule has 0 unspecified atom stereocenters. The van der Waals surface area contributed by atoms with Crippen LogP contribution in [0, 0.1) is 0 Å². The average molecular weight is 321 g/mol. The molecule has 10 nitrogen and oxygen atoms in total. The zero-order valence-corrected chi connectivity index (χ0v) is 11.6. The maximum absolute atomic E-state index is 11.3. The molecule has 0 aromatic carbocycles. The Bertz CT molecular complexity index is 402. The summed E-state index contributed by atoms with van der Waals surface area (Å²) in [7, 11) is 0. The number of carbonyl (C=O) groups excluding carboxylic acids is 1. The molecule has 1 aliphatic heterocycles. The number of aliphatic carboxylic acids is 1. The number of amides is 1. The molecule has 5 N–H and O–H groups in total. The van der Waals surface area contributed by atoms with Crippen molar-refractivity contribution < 1.29 is 44.2 Å². The summed E-state index contributed by atoms with van der Waals surface area (Å²) >= 11 is 0.